The lowest BCUT2D eigenvalue weighted by Gasteiger charge is -1.98. The molecule has 0 aromatic rings. The summed E-state index contributed by atoms with van der Waals surface area (Å²) in [5, 5.41) is 0. The molecule has 2 nitrogen and oxygen atoms in total. The largest absolute Gasteiger partial charge is 0.502 e. The van der Waals surface area contributed by atoms with Gasteiger partial charge in [0.1, 0.15) is 0 Å². The van der Waals surface area contributed by atoms with Crippen molar-refractivity contribution in [2.75, 3.05) is 13.2 Å². The van der Waals surface area contributed by atoms with E-state index in [4.69, 9.17) is 9.47 Å². The molecule has 1 saturated heterocycles. The molecule has 0 bridgehead atoms. The molecule has 1 atom stereocenters. The van der Waals surface area contributed by atoms with Gasteiger partial charge in [0, 0.05) is 0 Å². The summed E-state index contributed by atoms with van der Waals surface area (Å²) in [5.41, 5.74) is 0. The van der Waals surface area contributed by atoms with Crippen LogP contribution in [0, 0.1) is 0 Å². The minimum absolute atomic E-state index is 0.593. The van der Waals surface area contributed by atoms with E-state index >= 15 is 0 Å². The van der Waals surface area contributed by atoms with E-state index in [1.807, 2.05) is 0 Å². The van der Waals surface area contributed by atoms with E-state index in [2.05, 4.69) is 6.58 Å². The van der Waals surface area contributed by atoms with Gasteiger partial charge < -0.3 is 9.47 Å². The molecule has 0 radical (unpaired) electrons. The maximum atomic E-state index is 5.09. The minimum Gasteiger partial charge on any atom is -0.502 e. The number of unbranched alkanes of at least 4 members (excludes halogenated alkanes) is 2. The van der Waals surface area contributed by atoms with Crippen molar-refractivity contribution in [3.8, 4) is 0 Å². The van der Waals surface area contributed by atoms with Gasteiger partial charge in [-0.2, -0.15) is 0 Å². The highest BCUT2D eigenvalue weighted by atomic mass is 16.6. The molecule has 0 amide bonds. The highest BCUT2D eigenvalue weighted by Gasteiger charge is 2.20. The van der Waals surface area contributed by atoms with Crippen LogP contribution in [0.1, 0.15) is 25.7 Å². The molecule has 1 unspecified atom stereocenters. The second-order valence-corrected chi connectivity index (χ2v) is 2.84. The summed E-state index contributed by atoms with van der Waals surface area (Å²) in [6.07, 6.45) is 6.98. The quantitative estimate of drug-likeness (QED) is 0.320. The highest BCUT2D eigenvalue weighted by Crippen LogP contribution is 2.16. The van der Waals surface area contributed by atoms with Gasteiger partial charge in [-0.25, -0.2) is 0 Å². The van der Waals surface area contributed by atoms with Crippen LogP contribution in [0.3, 0.4) is 0 Å². The Morgan fingerprint density at radius 3 is 2.91 bits per heavy atom. The van der Waals surface area contributed by atoms with Gasteiger partial charge in [-0.15, -0.1) is 0 Å². The molecule has 64 valence electrons. The van der Waals surface area contributed by atoms with E-state index in [1.54, 1.807) is 0 Å². The average Bonchev–Trinajstić information content (AvgIpc) is 2.80. The number of hydrogen-bond donors (Lipinski definition) is 0. The lowest BCUT2D eigenvalue weighted by atomic mass is 10.2. The van der Waals surface area contributed by atoms with Gasteiger partial charge in [-0.1, -0.05) is 13.0 Å². The number of ether oxygens (including phenoxy) is 2. The number of rotatable bonds is 7. The predicted molar refractivity (Wildman–Crippen MR) is 44.4 cm³/mol. The van der Waals surface area contributed by atoms with Crippen LogP contribution >= 0.6 is 0 Å². The third kappa shape index (κ3) is 4.85. The standard InChI is InChI=1S/C9H16O2/c1-2-10-7-5-3-4-6-9-8-11-9/h2,9H,1,3-8H2. The molecule has 1 aliphatic heterocycles. The fraction of sp³-hybridized carbons (Fsp3) is 0.778. The van der Waals surface area contributed by atoms with Crippen molar-refractivity contribution in [3.05, 3.63) is 12.8 Å². The highest BCUT2D eigenvalue weighted by molar-refractivity contribution is 4.68. The molecule has 1 fully saturated rings. The summed E-state index contributed by atoms with van der Waals surface area (Å²) in [4.78, 5) is 0. The SMILES string of the molecule is C=COCCCCCC1CO1. The molecule has 0 saturated carbocycles. The first kappa shape index (κ1) is 8.60. The molecule has 0 spiro atoms. The Hall–Kier alpha value is -0.500. The smallest absolute Gasteiger partial charge is 0.0873 e. The van der Waals surface area contributed by atoms with E-state index in [-0.39, 0.29) is 0 Å². The maximum absolute atomic E-state index is 5.09. The second-order valence-electron chi connectivity index (χ2n) is 2.84. The summed E-state index contributed by atoms with van der Waals surface area (Å²) in [6.45, 7) is 5.28. The molecular formula is C9H16O2. The Morgan fingerprint density at radius 1 is 1.45 bits per heavy atom. The Kier molecular flexibility index (Phi) is 4.06. The lowest BCUT2D eigenvalue weighted by Crippen LogP contribution is -1.89. The topological polar surface area (TPSA) is 21.8 Å². The first-order chi connectivity index (χ1) is 5.43. The molecule has 1 aliphatic rings. The second kappa shape index (κ2) is 5.19. The van der Waals surface area contributed by atoms with Gasteiger partial charge in [0.05, 0.1) is 25.6 Å². The van der Waals surface area contributed by atoms with Crippen LogP contribution < -0.4 is 0 Å². The molecule has 0 N–H and O–H groups in total. The summed E-state index contributed by atoms with van der Waals surface area (Å²) in [6, 6.07) is 0. The Bertz CT molecular complexity index is 108. The minimum atomic E-state index is 0.593. The van der Waals surface area contributed by atoms with Crippen LogP contribution in [0.5, 0.6) is 0 Å². The summed E-state index contributed by atoms with van der Waals surface area (Å²) in [5.74, 6) is 0. The molecule has 0 aliphatic carbocycles. The Morgan fingerprint density at radius 2 is 2.27 bits per heavy atom. The van der Waals surface area contributed by atoms with E-state index < -0.39 is 0 Å². The molecule has 1 rings (SSSR count). The van der Waals surface area contributed by atoms with Gasteiger partial charge in [0.2, 0.25) is 0 Å². The van der Waals surface area contributed by atoms with Crippen molar-refractivity contribution in [3.63, 3.8) is 0 Å². The van der Waals surface area contributed by atoms with Crippen molar-refractivity contribution in [1.29, 1.82) is 0 Å². The summed E-state index contributed by atoms with van der Waals surface area (Å²) in [7, 11) is 0. The molecule has 0 aromatic heterocycles. The number of hydrogen-bond acceptors (Lipinski definition) is 2. The van der Waals surface area contributed by atoms with E-state index in [1.165, 1.54) is 25.5 Å². The van der Waals surface area contributed by atoms with Gasteiger partial charge >= 0.3 is 0 Å². The zero-order valence-corrected chi connectivity index (χ0v) is 6.92. The summed E-state index contributed by atoms with van der Waals surface area (Å²) < 4.78 is 10.1. The van der Waals surface area contributed by atoms with Crippen molar-refractivity contribution in [1.82, 2.24) is 0 Å². The van der Waals surface area contributed by atoms with Gasteiger partial charge in [0.15, 0.2) is 0 Å². The third-order valence-corrected chi connectivity index (χ3v) is 1.81. The zero-order chi connectivity index (χ0) is 7.94. The maximum Gasteiger partial charge on any atom is 0.0873 e. The lowest BCUT2D eigenvalue weighted by molar-refractivity contribution is 0.241. The van der Waals surface area contributed by atoms with E-state index in [0.717, 1.165) is 19.6 Å². The van der Waals surface area contributed by atoms with Crippen LogP contribution in [-0.2, 0) is 9.47 Å². The normalized spacial score (nSPS) is 21.3. The van der Waals surface area contributed by atoms with Crippen molar-refractivity contribution in [2.24, 2.45) is 0 Å². The third-order valence-electron chi connectivity index (χ3n) is 1.81. The van der Waals surface area contributed by atoms with E-state index in [0.29, 0.717) is 6.10 Å². The zero-order valence-electron chi connectivity index (χ0n) is 6.92. The van der Waals surface area contributed by atoms with Crippen molar-refractivity contribution >= 4 is 0 Å². The van der Waals surface area contributed by atoms with Crippen LogP contribution in [-0.4, -0.2) is 19.3 Å². The van der Waals surface area contributed by atoms with Crippen LogP contribution in [0.4, 0.5) is 0 Å². The van der Waals surface area contributed by atoms with Gasteiger partial charge in [-0.3, -0.25) is 0 Å². The van der Waals surface area contributed by atoms with Crippen LogP contribution in [0.25, 0.3) is 0 Å². The fourth-order valence-corrected chi connectivity index (χ4v) is 1.05. The van der Waals surface area contributed by atoms with Crippen molar-refractivity contribution in [2.45, 2.75) is 31.8 Å². The first-order valence-electron chi connectivity index (χ1n) is 4.27. The van der Waals surface area contributed by atoms with Crippen LogP contribution in [0.2, 0.25) is 0 Å². The van der Waals surface area contributed by atoms with E-state index in [9.17, 15) is 0 Å². The molecule has 2 heteroatoms. The Labute approximate surface area is 68.2 Å². The molecule has 1 heterocycles. The first-order valence-corrected chi connectivity index (χ1v) is 4.27. The average molecular weight is 156 g/mol. The monoisotopic (exact) mass is 156 g/mol. The molecular weight excluding hydrogens is 140 g/mol. The van der Waals surface area contributed by atoms with Crippen LogP contribution in [0.15, 0.2) is 12.8 Å². The molecule has 11 heavy (non-hydrogen) atoms. The predicted octanol–water partition coefficient (Wildman–Crippen LogP) is 2.11. The van der Waals surface area contributed by atoms with Gasteiger partial charge in [0.25, 0.3) is 0 Å². The van der Waals surface area contributed by atoms with Crippen molar-refractivity contribution < 1.29 is 9.47 Å². The Balaban J connectivity index is 1.69. The van der Waals surface area contributed by atoms with Gasteiger partial charge in [-0.05, 0) is 19.3 Å². The summed E-state index contributed by atoms with van der Waals surface area (Å²) >= 11 is 0. The fourth-order valence-electron chi connectivity index (χ4n) is 1.05. The molecule has 0 aromatic carbocycles. The number of epoxide rings is 1.